The number of nitrogens with zero attached hydrogens (tertiary/aromatic N) is 1. The summed E-state index contributed by atoms with van der Waals surface area (Å²) in [4.78, 5) is 54.2. The molecule has 45 heavy (non-hydrogen) atoms. The molecule has 0 aliphatic rings. The van der Waals surface area contributed by atoms with Crippen LogP contribution >= 0.6 is 11.8 Å². The Morgan fingerprint density at radius 1 is 0.822 bits per heavy atom. The largest absolute Gasteiger partial charge is 0.465 e. The van der Waals surface area contributed by atoms with E-state index in [1.54, 1.807) is 79.7 Å². The highest BCUT2D eigenvalue weighted by atomic mass is 32.2. The normalized spacial score (nSPS) is 11.6. The van der Waals surface area contributed by atoms with Crippen molar-refractivity contribution in [1.82, 2.24) is 5.32 Å². The second kappa shape index (κ2) is 15.4. The van der Waals surface area contributed by atoms with Gasteiger partial charge in [0.25, 0.3) is 11.8 Å². The predicted molar refractivity (Wildman–Crippen MR) is 179 cm³/mol. The summed E-state index contributed by atoms with van der Waals surface area (Å²) in [5.74, 6) is -1.78. The maximum atomic E-state index is 13.5. The smallest absolute Gasteiger partial charge is 0.339 e. The number of thioether (sulfide) groups is 1. The fraction of sp³-hybridized carbons (Fsp3) is 0.143. The highest BCUT2D eigenvalue weighted by molar-refractivity contribution is 8.00. The van der Waals surface area contributed by atoms with Crippen LogP contribution in [-0.2, 0) is 14.3 Å². The van der Waals surface area contributed by atoms with Crippen LogP contribution in [0.5, 0.6) is 0 Å². The number of carbonyl (C=O) groups excluding carboxylic acids is 4. The Labute approximate surface area is 266 Å². The van der Waals surface area contributed by atoms with Gasteiger partial charge in [0.05, 0.1) is 23.6 Å². The number of rotatable bonds is 11. The maximum Gasteiger partial charge on any atom is 0.339 e. The second-order valence-corrected chi connectivity index (χ2v) is 11.5. The van der Waals surface area contributed by atoms with E-state index in [-0.39, 0.29) is 17.2 Å². The average molecular weight is 623 g/mol. The van der Waals surface area contributed by atoms with Crippen molar-refractivity contribution < 1.29 is 23.9 Å². The van der Waals surface area contributed by atoms with E-state index in [2.05, 4.69) is 16.0 Å². The van der Waals surface area contributed by atoms with Crippen LogP contribution in [0.1, 0.15) is 33.2 Å². The summed E-state index contributed by atoms with van der Waals surface area (Å²) in [5, 5.41) is 7.87. The summed E-state index contributed by atoms with van der Waals surface area (Å²) in [7, 11) is 5.16. The minimum Gasteiger partial charge on any atom is -0.465 e. The zero-order chi connectivity index (χ0) is 32.3. The summed E-state index contributed by atoms with van der Waals surface area (Å²) in [5.41, 5.74) is 3.31. The minimum absolute atomic E-state index is 0.0662. The molecule has 4 aromatic carbocycles. The number of esters is 1. The van der Waals surface area contributed by atoms with Crippen molar-refractivity contribution in [3.05, 3.63) is 126 Å². The number of carbonyl (C=O) groups is 4. The first-order valence-corrected chi connectivity index (χ1v) is 14.9. The van der Waals surface area contributed by atoms with E-state index < -0.39 is 23.0 Å². The van der Waals surface area contributed by atoms with Gasteiger partial charge in [-0.05, 0) is 73.2 Å². The van der Waals surface area contributed by atoms with E-state index in [0.29, 0.717) is 16.9 Å². The number of hydrogen-bond donors (Lipinski definition) is 3. The number of ether oxygens (including phenoxy) is 1. The molecule has 10 heteroatoms. The summed E-state index contributed by atoms with van der Waals surface area (Å²) >= 11 is 1.29. The van der Waals surface area contributed by atoms with Crippen molar-refractivity contribution in [2.45, 2.75) is 17.1 Å². The van der Waals surface area contributed by atoms with Gasteiger partial charge in [0.2, 0.25) is 5.91 Å². The Morgan fingerprint density at radius 3 is 2.20 bits per heavy atom. The summed E-state index contributed by atoms with van der Waals surface area (Å²) in [6.45, 7) is 1.74. The number of para-hydroxylation sites is 1. The molecule has 0 bridgehead atoms. The number of amides is 3. The number of benzene rings is 4. The quantitative estimate of drug-likeness (QED) is 0.106. The molecule has 9 nitrogen and oxygen atoms in total. The summed E-state index contributed by atoms with van der Waals surface area (Å²) in [6.07, 6.45) is 1.62. The van der Waals surface area contributed by atoms with E-state index in [4.69, 9.17) is 4.74 Å². The highest BCUT2D eigenvalue weighted by Gasteiger charge is 2.19. The van der Waals surface area contributed by atoms with Crippen LogP contribution in [0.4, 0.5) is 17.1 Å². The standard InChI is InChI=1S/C35H34N4O5S/c1-23(32(40)37-30-16-9-8-15-29(30)35(43)44-4)45-28-14-10-13-26(22-28)36-34(42)31(38-33(41)25-11-6-5-7-12-25)21-24-17-19-27(20-18-24)39(2)3/h5-23H,1-4H3,(H,36,42)(H,37,40)(H,38,41)/b31-21+. The molecule has 0 heterocycles. The molecule has 3 amide bonds. The van der Waals surface area contributed by atoms with Gasteiger partial charge in [-0.25, -0.2) is 4.79 Å². The van der Waals surface area contributed by atoms with E-state index in [9.17, 15) is 19.2 Å². The molecule has 0 aliphatic carbocycles. The lowest BCUT2D eigenvalue weighted by atomic mass is 10.1. The van der Waals surface area contributed by atoms with Crippen molar-refractivity contribution >= 4 is 58.6 Å². The van der Waals surface area contributed by atoms with Gasteiger partial charge >= 0.3 is 5.97 Å². The molecular weight excluding hydrogens is 588 g/mol. The molecule has 230 valence electrons. The Morgan fingerprint density at radius 2 is 1.51 bits per heavy atom. The van der Waals surface area contributed by atoms with Crippen LogP contribution in [-0.4, -0.2) is 50.1 Å². The Balaban J connectivity index is 1.49. The molecule has 1 atom stereocenters. The molecular formula is C35H34N4O5S. The van der Waals surface area contributed by atoms with E-state index in [1.165, 1.54) is 18.9 Å². The zero-order valence-corrected chi connectivity index (χ0v) is 26.2. The molecule has 1 unspecified atom stereocenters. The molecule has 4 rings (SSSR count). The number of methoxy groups -OCH3 is 1. The van der Waals surface area contributed by atoms with Crippen LogP contribution in [0.25, 0.3) is 6.08 Å². The molecule has 3 N–H and O–H groups in total. The third-order valence-corrected chi connectivity index (χ3v) is 7.71. The van der Waals surface area contributed by atoms with Gasteiger partial charge < -0.3 is 25.6 Å². The van der Waals surface area contributed by atoms with Crippen molar-refractivity contribution in [3.63, 3.8) is 0 Å². The van der Waals surface area contributed by atoms with Gasteiger partial charge in [0.15, 0.2) is 0 Å². The highest BCUT2D eigenvalue weighted by Crippen LogP contribution is 2.27. The first-order valence-electron chi connectivity index (χ1n) is 14.1. The molecule has 0 saturated heterocycles. The fourth-order valence-corrected chi connectivity index (χ4v) is 5.12. The number of nitrogens with one attached hydrogen (secondary N) is 3. The van der Waals surface area contributed by atoms with Crippen LogP contribution in [0.2, 0.25) is 0 Å². The van der Waals surface area contributed by atoms with Crippen LogP contribution in [0.15, 0.2) is 114 Å². The minimum atomic E-state index is -0.548. The van der Waals surface area contributed by atoms with Crippen molar-refractivity contribution in [3.8, 4) is 0 Å². The second-order valence-electron chi connectivity index (χ2n) is 10.1. The lowest BCUT2D eigenvalue weighted by Crippen LogP contribution is -2.30. The first kappa shape index (κ1) is 32.6. The number of hydrogen-bond acceptors (Lipinski definition) is 7. The Hall–Kier alpha value is -5.35. The summed E-state index contributed by atoms with van der Waals surface area (Å²) in [6, 6.07) is 29.9. The third-order valence-electron chi connectivity index (χ3n) is 6.61. The van der Waals surface area contributed by atoms with Gasteiger partial charge in [-0.3, -0.25) is 14.4 Å². The van der Waals surface area contributed by atoms with Crippen molar-refractivity contribution in [2.75, 3.05) is 36.7 Å². The SMILES string of the molecule is COC(=O)c1ccccc1NC(=O)C(C)Sc1cccc(NC(=O)/C(=C\c2ccc(N(C)C)cc2)NC(=O)c2ccccc2)c1. The van der Waals surface area contributed by atoms with Crippen LogP contribution < -0.4 is 20.9 Å². The Bertz CT molecular complexity index is 1700. The van der Waals surface area contributed by atoms with E-state index in [0.717, 1.165) is 16.1 Å². The zero-order valence-electron chi connectivity index (χ0n) is 25.4. The van der Waals surface area contributed by atoms with Gasteiger partial charge in [-0.15, -0.1) is 11.8 Å². The molecule has 0 aliphatic heterocycles. The first-order chi connectivity index (χ1) is 21.6. The van der Waals surface area contributed by atoms with Crippen LogP contribution in [0, 0.1) is 0 Å². The maximum absolute atomic E-state index is 13.5. The topological polar surface area (TPSA) is 117 Å². The molecule has 0 fully saturated rings. The predicted octanol–water partition coefficient (Wildman–Crippen LogP) is 6.07. The molecule has 0 saturated carbocycles. The van der Waals surface area contributed by atoms with E-state index in [1.807, 2.05) is 55.4 Å². The van der Waals surface area contributed by atoms with Crippen LogP contribution in [0.3, 0.4) is 0 Å². The van der Waals surface area contributed by atoms with Gasteiger partial charge in [-0.1, -0.05) is 48.5 Å². The lowest BCUT2D eigenvalue weighted by molar-refractivity contribution is -0.115. The Kier molecular flexibility index (Phi) is 11.1. The molecule has 0 aromatic heterocycles. The fourth-order valence-electron chi connectivity index (χ4n) is 4.20. The molecule has 4 aromatic rings. The molecule has 0 spiro atoms. The van der Waals surface area contributed by atoms with Gasteiger partial charge in [-0.2, -0.15) is 0 Å². The third kappa shape index (κ3) is 9.07. The summed E-state index contributed by atoms with van der Waals surface area (Å²) < 4.78 is 4.81. The monoisotopic (exact) mass is 622 g/mol. The van der Waals surface area contributed by atoms with Gasteiger partial charge in [0, 0.05) is 35.9 Å². The lowest BCUT2D eigenvalue weighted by Gasteiger charge is -2.15. The average Bonchev–Trinajstić information content (AvgIpc) is 3.05. The van der Waals surface area contributed by atoms with Crippen molar-refractivity contribution in [2.24, 2.45) is 0 Å². The van der Waals surface area contributed by atoms with Crippen molar-refractivity contribution in [1.29, 1.82) is 0 Å². The molecule has 0 radical (unpaired) electrons. The number of anilines is 3. The van der Waals surface area contributed by atoms with E-state index >= 15 is 0 Å². The van der Waals surface area contributed by atoms with Gasteiger partial charge in [0.1, 0.15) is 5.70 Å².